The van der Waals surface area contributed by atoms with Crippen molar-refractivity contribution in [2.24, 2.45) is 0 Å². The van der Waals surface area contributed by atoms with Gasteiger partial charge in [-0.05, 0) is 44.2 Å². The molecule has 2 aromatic rings. The van der Waals surface area contributed by atoms with Crippen LogP contribution < -0.4 is 10.1 Å². The molecule has 27 heavy (non-hydrogen) atoms. The molecule has 0 unspecified atom stereocenters. The summed E-state index contributed by atoms with van der Waals surface area (Å²) < 4.78 is 30.5. The Hall–Kier alpha value is -2.42. The Morgan fingerprint density at radius 2 is 1.74 bits per heavy atom. The fourth-order valence-corrected chi connectivity index (χ4v) is 3.55. The van der Waals surface area contributed by atoms with E-state index in [2.05, 4.69) is 5.32 Å². The highest BCUT2D eigenvalue weighted by Gasteiger charge is 2.21. The van der Waals surface area contributed by atoms with Gasteiger partial charge in [-0.3, -0.25) is 9.63 Å². The van der Waals surface area contributed by atoms with Crippen molar-refractivity contribution in [1.82, 2.24) is 9.79 Å². The molecule has 2 aromatic carbocycles. The van der Waals surface area contributed by atoms with Crippen molar-refractivity contribution in [3.63, 3.8) is 0 Å². The second-order valence-electron chi connectivity index (χ2n) is 6.06. The minimum atomic E-state index is -3.75. The van der Waals surface area contributed by atoms with Gasteiger partial charge in [-0.2, -0.15) is 0 Å². The topological polar surface area (TPSA) is 84.9 Å². The van der Waals surface area contributed by atoms with Crippen molar-refractivity contribution in [3.05, 3.63) is 59.2 Å². The number of amides is 1. The second-order valence-corrected chi connectivity index (χ2v) is 8.00. The van der Waals surface area contributed by atoms with E-state index in [0.29, 0.717) is 11.3 Å². The number of rotatable bonds is 7. The molecule has 146 valence electrons. The van der Waals surface area contributed by atoms with Gasteiger partial charge >= 0.3 is 0 Å². The summed E-state index contributed by atoms with van der Waals surface area (Å²) in [5, 5.41) is 2.90. The highest BCUT2D eigenvalue weighted by atomic mass is 32.2. The quantitative estimate of drug-likeness (QED) is 0.733. The molecule has 0 saturated carbocycles. The maximum atomic E-state index is 12.5. The van der Waals surface area contributed by atoms with Crippen molar-refractivity contribution in [2.45, 2.75) is 24.8 Å². The molecule has 0 saturated heterocycles. The molecule has 0 aliphatic rings. The van der Waals surface area contributed by atoms with Gasteiger partial charge in [0.2, 0.25) is 0 Å². The summed E-state index contributed by atoms with van der Waals surface area (Å²) >= 11 is 0. The molecule has 7 nitrogen and oxygen atoms in total. The van der Waals surface area contributed by atoms with Crippen LogP contribution in [0, 0.1) is 6.92 Å². The molecule has 0 heterocycles. The zero-order valence-corrected chi connectivity index (χ0v) is 16.8. The fraction of sp³-hybridized carbons (Fsp3) is 0.316. The lowest BCUT2D eigenvalue weighted by molar-refractivity contribution is -0.0258. The molecular formula is C19H24N2O5S. The van der Waals surface area contributed by atoms with Gasteiger partial charge in [0.1, 0.15) is 5.75 Å². The number of carbonyl (C=O) groups excluding carboxylic acids is 1. The lowest BCUT2D eigenvalue weighted by Gasteiger charge is -2.18. The van der Waals surface area contributed by atoms with Crippen molar-refractivity contribution in [1.29, 1.82) is 0 Å². The molecule has 0 fully saturated rings. The second kappa shape index (κ2) is 8.51. The van der Waals surface area contributed by atoms with E-state index in [1.54, 1.807) is 7.11 Å². The van der Waals surface area contributed by atoms with Gasteiger partial charge in [0.15, 0.2) is 0 Å². The van der Waals surface area contributed by atoms with E-state index in [1.165, 1.54) is 38.4 Å². The van der Waals surface area contributed by atoms with Gasteiger partial charge < -0.3 is 10.1 Å². The van der Waals surface area contributed by atoms with E-state index in [-0.39, 0.29) is 16.8 Å². The van der Waals surface area contributed by atoms with E-state index >= 15 is 0 Å². The Morgan fingerprint density at radius 3 is 2.30 bits per heavy atom. The van der Waals surface area contributed by atoms with E-state index in [0.717, 1.165) is 15.6 Å². The molecule has 0 spiro atoms. The molecule has 0 radical (unpaired) electrons. The van der Waals surface area contributed by atoms with Crippen LogP contribution in [0.2, 0.25) is 0 Å². The minimum absolute atomic E-state index is 0.0387. The molecule has 8 heteroatoms. The van der Waals surface area contributed by atoms with Crippen LogP contribution in [0.15, 0.2) is 47.4 Å². The summed E-state index contributed by atoms with van der Waals surface area (Å²) in [7, 11) is 0.396. The highest BCUT2D eigenvalue weighted by Crippen LogP contribution is 2.26. The standard InChI is InChI=1S/C19H24N2O5S/c1-13-6-11-18(25-4)17(12-13)14(2)20-19(22)15-7-9-16(10-8-15)27(23,24)21(3)26-5/h6-12,14H,1-5H3,(H,20,22)/t14-/m0/s1. The number of nitrogens with zero attached hydrogens (tertiary/aromatic N) is 1. The van der Waals surface area contributed by atoms with Crippen molar-refractivity contribution >= 4 is 15.9 Å². The Bertz CT molecular complexity index is 910. The Balaban J connectivity index is 2.18. The summed E-state index contributed by atoms with van der Waals surface area (Å²) in [6.07, 6.45) is 0. The number of carbonyl (C=O) groups is 1. The summed E-state index contributed by atoms with van der Waals surface area (Å²) in [6.45, 7) is 3.83. The van der Waals surface area contributed by atoms with Crippen LogP contribution in [-0.4, -0.2) is 40.1 Å². The van der Waals surface area contributed by atoms with Crippen LogP contribution in [0.25, 0.3) is 0 Å². The van der Waals surface area contributed by atoms with Crippen LogP contribution in [0.1, 0.15) is 34.5 Å². The molecule has 1 atom stereocenters. The molecule has 1 N–H and O–H groups in total. The predicted octanol–water partition coefficient (Wildman–Crippen LogP) is 2.68. The van der Waals surface area contributed by atoms with Crippen molar-refractivity contribution in [3.8, 4) is 5.75 Å². The molecular weight excluding hydrogens is 368 g/mol. The third kappa shape index (κ3) is 4.65. The van der Waals surface area contributed by atoms with Gasteiger partial charge in [-0.25, -0.2) is 8.42 Å². The van der Waals surface area contributed by atoms with Crippen LogP contribution in [0.4, 0.5) is 0 Å². The fourth-order valence-electron chi connectivity index (χ4n) is 2.57. The summed E-state index contributed by atoms with van der Waals surface area (Å²) in [5.74, 6) is 0.382. The lowest BCUT2D eigenvalue weighted by atomic mass is 10.0. The predicted molar refractivity (Wildman–Crippen MR) is 102 cm³/mol. The number of ether oxygens (including phenoxy) is 1. The number of hydroxylamine groups is 1. The monoisotopic (exact) mass is 392 g/mol. The zero-order valence-electron chi connectivity index (χ0n) is 16.0. The summed E-state index contributed by atoms with van der Waals surface area (Å²) in [4.78, 5) is 17.3. The van der Waals surface area contributed by atoms with Crippen LogP contribution in [0.3, 0.4) is 0 Å². The molecule has 2 rings (SSSR count). The third-order valence-corrected chi connectivity index (χ3v) is 5.90. The maximum Gasteiger partial charge on any atom is 0.264 e. The number of hydrogen-bond donors (Lipinski definition) is 1. The van der Waals surface area contributed by atoms with Gasteiger partial charge in [-0.15, -0.1) is 0 Å². The third-order valence-electron chi connectivity index (χ3n) is 4.21. The van der Waals surface area contributed by atoms with Crippen molar-refractivity contribution < 1.29 is 22.8 Å². The first-order chi connectivity index (χ1) is 12.7. The molecule has 0 aromatic heterocycles. The van der Waals surface area contributed by atoms with Gasteiger partial charge in [-0.1, -0.05) is 22.2 Å². The van der Waals surface area contributed by atoms with Crippen LogP contribution in [0.5, 0.6) is 5.75 Å². The normalized spacial score (nSPS) is 12.7. The number of methoxy groups -OCH3 is 1. The van der Waals surface area contributed by atoms with E-state index < -0.39 is 10.0 Å². The first-order valence-electron chi connectivity index (χ1n) is 8.29. The zero-order chi connectivity index (χ0) is 20.2. The maximum absolute atomic E-state index is 12.5. The Labute approximate surface area is 159 Å². The number of aryl methyl sites for hydroxylation is 1. The van der Waals surface area contributed by atoms with Gasteiger partial charge in [0, 0.05) is 18.2 Å². The van der Waals surface area contributed by atoms with Crippen LogP contribution in [-0.2, 0) is 14.9 Å². The van der Waals surface area contributed by atoms with E-state index in [4.69, 9.17) is 9.57 Å². The summed E-state index contributed by atoms with van der Waals surface area (Å²) in [5.41, 5.74) is 2.28. The molecule has 0 bridgehead atoms. The average Bonchev–Trinajstić information content (AvgIpc) is 2.67. The lowest BCUT2D eigenvalue weighted by Crippen LogP contribution is -2.27. The minimum Gasteiger partial charge on any atom is -0.496 e. The molecule has 1 amide bonds. The first kappa shape index (κ1) is 20.9. The van der Waals surface area contributed by atoms with Gasteiger partial charge in [0.25, 0.3) is 15.9 Å². The summed E-state index contributed by atoms with van der Waals surface area (Å²) in [6, 6.07) is 11.1. The average molecular weight is 392 g/mol. The number of benzene rings is 2. The van der Waals surface area contributed by atoms with E-state index in [9.17, 15) is 13.2 Å². The van der Waals surface area contributed by atoms with Crippen LogP contribution >= 0.6 is 0 Å². The van der Waals surface area contributed by atoms with E-state index in [1.807, 2.05) is 32.0 Å². The number of nitrogens with one attached hydrogen (secondary N) is 1. The van der Waals surface area contributed by atoms with Gasteiger partial charge in [0.05, 0.1) is 25.2 Å². The molecule has 0 aliphatic heterocycles. The molecule has 0 aliphatic carbocycles. The Kier molecular flexibility index (Phi) is 6.59. The SMILES string of the molecule is COc1ccc(C)cc1[C@H](C)NC(=O)c1ccc(S(=O)(=O)N(C)OC)cc1. The smallest absolute Gasteiger partial charge is 0.264 e. The Morgan fingerprint density at radius 1 is 1.11 bits per heavy atom. The number of hydrogen-bond acceptors (Lipinski definition) is 5. The largest absolute Gasteiger partial charge is 0.496 e. The van der Waals surface area contributed by atoms with Crippen molar-refractivity contribution in [2.75, 3.05) is 21.3 Å². The number of sulfonamides is 1. The first-order valence-corrected chi connectivity index (χ1v) is 9.73. The highest BCUT2D eigenvalue weighted by molar-refractivity contribution is 7.89.